The fourth-order valence-electron chi connectivity index (χ4n) is 3.11. The highest BCUT2D eigenvalue weighted by Crippen LogP contribution is 2.36. The molecule has 0 aliphatic heterocycles. The predicted molar refractivity (Wildman–Crippen MR) is 122 cm³/mol. The number of alkyl halides is 3. The van der Waals surface area contributed by atoms with Gasteiger partial charge in [0.05, 0.1) is 17.0 Å². The summed E-state index contributed by atoms with van der Waals surface area (Å²) < 4.78 is 61.1. The van der Waals surface area contributed by atoms with Gasteiger partial charge in [-0.3, -0.25) is 4.79 Å². The summed E-state index contributed by atoms with van der Waals surface area (Å²) in [6, 6.07) is 8.95. The number of halogens is 5. The van der Waals surface area contributed by atoms with Crippen LogP contribution in [-0.2, 0) is 11.0 Å². The highest BCUT2D eigenvalue weighted by molar-refractivity contribution is 7.99. The van der Waals surface area contributed by atoms with E-state index in [-0.39, 0.29) is 28.3 Å². The number of nitrogens with zero attached hydrogens (tertiary/aromatic N) is 3. The molecule has 3 rings (SSSR count). The molecule has 1 amide bonds. The topological polar surface area (TPSA) is 69.0 Å². The van der Waals surface area contributed by atoms with Crippen molar-refractivity contribution in [2.75, 3.05) is 11.1 Å². The molecule has 1 unspecified atom stereocenters. The molecule has 0 bridgehead atoms. The molecule has 0 fully saturated rings. The van der Waals surface area contributed by atoms with Crippen LogP contribution in [0.4, 0.5) is 23.2 Å². The first kappa shape index (κ1) is 25.8. The Hall–Kier alpha value is -2.79. The van der Waals surface area contributed by atoms with Crippen LogP contribution in [-0.4, -0.2) is 26.4 Å². The van der Waals surface area contributed by atoms with Crippen molar-refractivity contribution in [1.29, 1.82) is 0 Å². The van der Waals surface area contributed by atoms with Crippen molar-refractivity contribution in [2.45, 2.75) is 44.2 Å². The number of carbonyl (C=O) groups is 1. The largest absolute Gasteiger partial charge is 0.480 e. The molecule has 0 spiro atoms. The fraction of sp³-hybridized carbons (Fsp3) is 0.318. The zero-order chi connectivity index (χ0) is 25.0. The highest BCUT2D eigenvalue weighted by Gasteiger charge is 2.34. The molecular weight excluding hydrogens is 496 g/mol. The molecule has 34 heavy (non-hydrogen) atoms. The molecule has 6 nitrogen and oxygen atoms in total. The Morgan fingerprint density at radius 3 is 2.53 bits per heavy atom. The molecule has 0 aliphatic carbocycles. The minimum atomic E-state index is -4.68. The van der Waals surface area contributed by atoms with E-state index in [0.717, 1.165) is 23.9 Å². The van der Waals surface area contributed by atoms with Gasteiger partial charge in [-0.2, -0.15) is 13.2 Å². The van der Waals surface area contributed by atoms with Crippen LogP contribution < -0.4 is 10.1 Å². The summed E-state index contributed by atoms with van der Waals surface area (Å²) in [5.74, 6) is -0.915. The molecule has 12 heteroatoms. The molecule has 182 valence electrons. The van der Waals surface area contributed by atoms with E-state index in [9.17, 15) is 22.4 Å². The number of ether oxygens (including phenoxy) is 1. The average molecular weight is 517 g/mol. The number of rotatable bonds is 8. The SMILES string of the molecule is CC(Oc1ccccc1F)c1nnc(SCC(=O)Nc2ccc(Cl)cc2C(F)(F)F)n1C(C)C. The maximum atomic E-state index is 13.9. The van der Waals surface area contributed by atoms with Crippen molar-refractivity contribution in [3.63, 3.8) is 0 Å². The molecule has 0 saturated carbocycles. The zero-order valence-electron chi connectivity index (χ0n) is 18.4. The molecule has 1 aromatic heterocycles. The maximum absolute atomic E-state index is 13.9. The first-order chi connectivity index (χ1) is 16.0. The van der Waals surface area contributed by atoms with Gasteiger partial charge in [-0.15, -0.1) is 10.2 Å². The van der Waals surface area contributed by atoms with Crippen molar-refractivity contribution in [1.82, 2.24) is 14.8 Å². The molecular formula is C22H21ClF4N4O2S. The molecule has 0 saturated heterocycles. The van der Waals surface area contributed by atoms with E-state index in [1.54, 1.807) is 23.6 Å². The number of anilines is 1. The first-order valence-electron chi connectivity index (χ1n) is 10.1. The molecule has 2 aromatic carbocycles. The van der Waals surface area contributed by atoms with Crippen LogP contribution in [0.3, 0.4) is 0 Å². The molecule has 1 atom stereocenters. The summed E-state index contributed by atoms with van der Waals surface area (Å²) in [6.45, 7) is 5.43. The summed E-state index contributed by atoms with van der Waals surface area (Å²) in [7, 11) is 0. The van der Waals surface area contributed by atoms with Gasteiger partial charge in [0.25, 0.3) is 0 Å². The van der Waals surface area contributed by atoms with Crippen molar-refractivity contribution in [3.8, 4) is 5.75 Å². The van der Waals surface area contributed by atoms with Gasteiger partial charge >= 0.3 is 6.18 Å². The Morgan fingerprint density at radius 1 is 1.18 bits per heavy atom. The lowest BCUT2D eigenvalue weighted by Crippen LogP contribution is -2.19. The van der Waals surface area contributed by atoms with Crippen molar-refractivity contribution in [2.24, 2.45) is 0 Å². The van der Waals surface area contributed by atoms with E-state index < -0.39 is 29.6 Å². The van der Waals surface area contributed by atoms with Gasteiger partial charge < -0.3 is 14.6 Å². The number of benzene rings is 2. The first-order valence-corrected chi connectivity index (χ1v) is 11.5. The third kappa shape index (κ3) is 6.20. The highest BCUT2D eigenvalue weighted by atomic mass is 35.5. The number of thioether (sulfide) groups is 1. The van der Waals surface area contributed by atoms with E-state index in [2.05, 4.69) is 15.5 Å². The van der Waals surface area contributed by atoms with Crippen LogP contribution in [0.2, 0.25) is 5.02 Å². The minimum Gasteiger partial charge on any atom is -0.480 e. The number of carbonyl (C=O) groups excluding carboxylic acids is 1. The Balaban J connectivity index is 1.73. The minimum absolute atomic E-state index is 0.0605. The van der Waals surface area contributed by atoms with Gasteiger partial charge in [0.15, 0.2) is 28.7 Å². The molecule has 0 aliphatic rings. The van der Waals surface area contributed by atoms with Crippen LogP contribution in [0.25, 0.3) is 0 Å². The smallest absolute Gasteiger partial charge is 0.418 e. The lowest BCUT2D eigenvalue weighted by Gasteiger charge is -2.19. The quantitative estimate of drug-likeness (QED) is 0.272. The third-order valence-corrected chi connectivity index (χ3v) is 5.78. The lowest BCUT2D eigenvalue weighted by molar-refractivity contribution is -0.137. The lowest BCUT2D eigenvalue weighted by atomic mass is 10.1. The fourth-order valence-corrected chi connectivity index (χ4v) is 4.16. The van der Waals surface area contributed by atoms with Gasteiger partial charge in [0.2, 0.25) is 5.91 Å². The summed E-state index contributed by atoms with van der Waals surface area (Å²) in [6.07, 6.45) is -5.33. The normalized spacial score (nSPS) is 12.6. The monoisotopic (exact) mass is 516 g/mol. The Kier molecular flexibility index (Phi) is 8.09. The van der Waals surface area contributed by atoms with Crippen molar-refractivity contribution in [3.05, 3.63) is 64.7 Å². The number of hydrogen-bond acceptors (Lipinski definition) is 5. The number of hydrogen-bond donors (Lipinski definition) is 1. The Labute approximate surface area is 202 Å². The molecule has 1 N–H and O–H groups in total. The zero-order valence-corrected chi connectivity index (χ0v) is 19.9. The Bertz CT molecular complexity index is 1170. The second-order valence-electron chi connectivity index (χ2n) is 7.52. The number of para-hydroxylation sites is 1. The Morgan fingerprint density at radius 2 is 1.88 bits per heavy atom. The van der Waals surface area contributed by atoms with Gasteiger partial charge in [0, 0.05) is 11.1 Å². The van der Waals surface area contributed by atoms with Crippen LogP contribution in [0.1, 0.15) is 44.3 Å². The summed E-state index contributed by atoms with van der Waals surface area (Å²) in [5, 5.41) is 10.8. The molecule has 3 aromatic rings. The third-order valence-electron chi connectivity index (χ3n) is 4.60. The number of aromatic nitrogens is 3. The van der Waals surface area contributed by atoms with Crippen LogP contribution in [0, 0.1) is 5.82 Å². The van der Waals surface area contributed by atoms with E-state index in [4.69, 9.17) is 16.3 Å². The van der Waals surface area contributed by atoms with Crippen LogP contribution in [0.15, 0.2) is 47.6 Å². The second kappa shape index (κ2) is 10.6. The summed E-state index contributed by atoms with van der Waals surface area (Å²) in [4.78, 5) is 12.4. The number of nitrogens with one attached hydrogen (secondary N) is 1. The average Bonchev–Trinajstić information content (AvgIpc) is 3.19. The predicted octanol–water partition coefficient (Wildman–Crippen LogP) is 6.54. The van der Waals surface area contributed by atoms with Gasteiger partial charge in [-0.1, -0.05) is 35.5 Å². The standard InChI is InChI=1S/C22H21ClF4N4O2S/c1-12(2)31-20(13(3)33-18-7-5-4-6-16(18)24)29-30-21(31)34-11-19(32)28-17-9-8-14(23)10-15(17)22(25,26)27/h4-10,12-13H,11H2,1-3H3,(H,28,32). The molecule has 0 radical (unpaired) electrons. The summed E-state index contributed by atoms with van der Waals surface area (Å²) in [5.41, 5.74) is -1.43. The van der Waals surface area contributed by atoms with E-state index in [1.165, 1.54) is 18.2 Å². The van der Waals surface area contributed by atoms with Crippen molar-refractivity contribution < 1.29 is 27.1 Å². The van der Waals surface area contributed by atoms with E-state index in [1.807, 2.05) is 13.8 Å². The van der Waals surface area contributed by atoms with E-state index in [0.29, 0.717) is 11.0 Å². The second-order valence-corrected chi connectivity index (χ2v) is 8.90. The van der Waals surface area contributed by atoms with Gasteiger partial charge in [-0.05, 0) is 51.1 Å². The maximum Gasteiger partial charge on any atom is 0.418 e. The molecule has 1 heterocycles. The van der Waals surface area contributed by atoms with Gasteiger partial charge in [-0.25, -0.2) is 4.39 Å². The number of amides is 1. The van der Waals surface area contributed by atoms with E-state index >= 15 is 0 Å². The van der Waals surface area contributed by atoms with Gasteiger partial charge in [0.1, 0.15) is 0 Å². The van der Waals surface area contributed by atoms with Crippen LogP contribution >= 0.6 is 23.4 Å². The van der Waals surface area contributed by atoms with Crippen LogP contribution in [0.5, 0.6) is 5.75 Å². The van der Waals surface area contributed by atoms with Crippen molar-refractivity contribution >= 4 is 35.0 Å². The summed E-state index contributed by atoms with van der Waals surface area (Å²) >= 11 is 6.68.